The molecule has 1 aromatic carbocycles. The molecule has 0 radical (unpaired) electrons. The van der Waals surface area contributed by atoms with Crippen LogP contribution in [0.5, 0.6) is 5.88 Å². The molecule has 1 aromatic heterocycles. The smallest absolute Gasteiger partial charge is 0.233 e. The van der Waals surface area contributed by atoms with Crippen LogP contribution >= 0.6 is 0 Å². The maximum atomic E-state index is 5.01. The quantitative estimate of drug-likeness (QED) is 0.893. The highest BCUT2D eigenvalue weighted by Gasteiger charge is 2.13. The summed E-state index contributed by atoms with van der Waals surface area (Å²) < 4.78 is 5.01. The van der Waals surface area contributed by atoms with Crippen LogP contribution in [-0.4, -0.2) is 24.4 Å². The van der Waals surface area contributed by atoms with E-state index in [1.165, 1.54) is 11.1 Å². The molecular weight excluding hydrogens is 226 g/mol. The molecule has 0 spiro atoms. The van der Waals surface area contributed by atoms with E-state index in [1.807, 2.05) is 19.2 Å². The molecule has 1 heterocycles. The van der Waals surface area contributed by atoms with Crippen LogP contribution in [0.1, 0.15) is 22.9 Å². The molecule has 0 bridgehead atoms. The fraction of sp³-hybridized carbons (Fsp3) is 0.286. The Morgan fingerprint density at radius 1 is 1.06 bits per heavy atom. The fourth-order valence-electron chi connectivity index (χ4n) is 1.84. The van der Waals surface area contributed by atoms with Crippen molar-refractivity contribution < 1.29 is 4.74 Å². The lowest BCUT2D eigenvalue weighted by Gasteiger charge is -2.15. The summed E-state index contributed by atoms with van der Waals surface area (Å²) in [6.45, 7) is 2.07. The van der Waals surface area contributed by atoms with Crippen LogP contribution in [-0.2, 0) is 0 Å². The van der Waals surface area contributed by atoms with Gasteiger partial charge in [-0.05, 0) is 25.6 Å². The number of benzene rings is 1. The van der Waals surface area contributed by atoms with Gasteiger partial charge in [0.25, 0.3) is 0 Å². The Morgan fingerprint density at radius 2 is 1.78 bits per heavy atom. The molecule has 4 heteroatoms. The second-order valence-corrected chi connectivity index (χ2v) is 4.13. The first-order valence-corrected chi connectivity index (χ1v) is 5.86. The van der Waals surface area contributed by atoms with Crippen molar-refractivity contribution in [2.24, 2.45) is 0 Å². The average Bonchev–Trinajstić information content (AvgIpc) is 2.42. The van der Waals surface area contributed by atoms with Gasteiger partial charge in [0.15, 0.2) is 0 Å². The molecule has 94 valence electrons. The number of aromatic nitrogens is 2. The number of rotatable bonds is 4. The lowest BCUT2D eigenvalue weighted by Crippen LogP contribution is -2.19. The molecule has 0 saturated carbocycles. The Balaban J connectivity index is 2.29. The van der Waals surface area contributed by atoms with Crippen LogP contribution in [0, 0.1) is 6.92 Å². The largest absolute Gasteiger partial charge is 0.480 e. The molecule has 0 aliphatic heterocycles. The SMILES string of the molecule is CNC(c1ccc(C)cc1)c1ccc(OC)nn1. The molecule has 2 rings (SSSR count). The zero-order chi connectivity index (χ0) is 13.0. The summed E-state index contributed by atoms with van der Waals surface area (Å²) >= 11 is 0. The number of aryl methyl sites for hydroxylation is 1. The van der Waals surface area contributed by atoms with Gasteiger partial charge in [0.05, 0.1) is 18.8 Å². The van der Waals surface area contributed by atoms with E-state index in [1.54, 1.807) is 7.11 Å². The summed E-state index contributed by atoms with van der Waals surface area (Å²) in [6.07, 6.45) is 0. The van der Waals surface area contributed by atoms with Crippen molar-refractivity contribution >= 4 is 0 Å². The molecule has 2 aromatic rings. The Kier molecular flexibility index (Phi) is 3.89. The van der Waals surface area contributed by atoms with E-state index >= 15 is 0 Å². The Morgan fingerprint density at radius 3 is 2.28 bits per heavy atom. The van der Waals surface area contributed by atoms with Crippen LogP contribution in [0.4, 0.5) is 0 Å². The lowest BCUT2D eigenvalue weighted by molar-refractivity contribution is 0.390. The molecule has 0 fully saturated rings. The summed E-state index contributed by atoms with van der Waals surface area (Å²) in [5, 5.41) is 11.4. The van der Waals surface area contributed by atoms with E-state index in [2.05, 4.69) is 46.7 Å². The van der Waals surface area contributed by atoms with Gasteiger partial charge < -0.3 is 10.1 Å². The second-order valence-electron chi connectivity index (χ2n) is 4.13. The average molecular weight is 243 g/mol. The van der Waals surface area contributed by atoms with Gasteiger partial charge in [0.2, 0.25) is 5.88 Å². The van der Waals surface area contributed by atoms with Crippen LogP contribution in [0.3, 0.4) is 0 Å². The zero-order valence-electron chi connectivity index (χ0n) is 10.8. The highest BCUT2D eigenvalue weighted by Crippen LogP contribution is 2.20. The van der Waals surface area contributed by atoms with Gasteiger partial charge in [-0.2, -0.15) is 0 Å². The van der Waals surface area contributed by atoms with Gasteiger partial charge in [-0.25, -0.2) is 0 Å². The van der Waals surface area contributed by atoms with E-state index in [0.717, 1.165) is 5.69 Å². The molecule has 1 atom stereocenters. The Bertz CT molecular complexity index is 493. The first kappa shape index (κ1) is 12.5. The maximum absolute atomic E-state index is 5.01. The van der Waals surface area contributed by atoms with Gasteiger partial charge >= 0.3 is 0 Å². The van der Waals surface area contributed by atoms with E-state index < -0.39 is 0 Å². The Hall–Kier alpha value is -1.94. The van der Waals surface area contributed by atoms with Crippen molar-refractivity contribution in [1.82, 2.24) is 15.5 Å². The number of hydrogen-bond acceptors (Lipinski definition) is 4. The molecule has 4 nitrogen and oxygen atoms in total. The van der Waals surface area contributed by atoms with Crippen molar-refractivity contribution in [3.8, 4) is 5.88 Å². The standard InChI is InChI=1S/C14H17N3O/c1-10-4-6-11(7-5-10)14(15-2)12-8-9-13(18-3)17-16-12/h4-9,14-15H,1-3H3. The van der Waals surface area contributed by atoms with Crippen LogP contribution in [0.25, 0.3) is 0 Å². The van der Waals surface area contributed by atoms with Gasteiger partial charge in [-0.1, -0.05) is 29.8 Å². The van der Waals surface area contributed by atoms with Crippen LogP contribution in [0.2, 0.25) is 0 Å². The third kappa shape index (κ3) is 2.65. The molecular formula is C14H17N3O. The van der Waals surface area contributed by atoms with Gasteiger partial charge in [0.1, 0.15) is 0 Å². The van der Waals surface area contributed by atoms with Gasteiger partial charge in [-0.3, -0.25) is 0 Å². The minimum atomic E-state index is 0.0454. The third-order valence-corrected chi connectivity index (χ3v) is 2.86. The summed E-state index contributed by atoms with van der Waals surface area (Å²) in [6, 6.07) is 12.2. The van der Waals surface area contributed by atoms with Crippen molar-refractivity contribution in [3.05, 3.63) is 53.2 Å². The first-order chi connectivity index (χ1) is 8.74. The van der Waals surface area contributed by atoms with Crippen molar-refractivity contribution in [2.75, 3.05) is 14.2 Å². The van der Waals surface area contributed by atoms with Crippen LogP contribution < -0.4 is 10.1 Å². The molecule has 0 amide bonds. The maximum Gasteiger partial charge on any atom is 0.233 e. The van der Waals surface area contributed by atoms with Crippen molar-refractivity contribution in [1.29, 1.82) is 0 Å². The van der Waals surface area contributed by atoms with Gasteiger partial charge in [-0.15, -0.1) is 10.2 Å². The lowest BCUT2D eigenvalue weighted by atomic mass is 10.0. The predicted molar refractivity (Wildman–Crippen MR) is 70.7 cm³/mol. The molecule has 1 N–H and O–H groups in total. The Labute approximate surface area is 107 Å². The minimum absolute atomic E-state index is 0.0454. The number of hydrogen-bond donors (Lipinski definition) is 1. The predicted octanol–water partition coefficient (Wildman–Crippen LogP) is 2.10. The normalized spacial score (nSPS) is 12.2. The number of methoxy groups -OCH3 is 1. The number of nitrogens with one attached hydrogen (secondary N) is 1. The second kappa shape index (κ2) is 5.60. The monoisotopic (exact) mass is 243 g/mol. The molecule has 0 aliphatic rings. The number of ether oxygens (including phenoxy) is 1. The van der Waals surface area contributed by atoms with E-state index in [4.69, 9.17) is 4.74 Å². The number of nitrogens with zero attached hydrogens (tertiary/aromatic N) is 2. The molecule has 1 unspecified atom stereocenters. The zero-order valence-corrected chi connectivity index (χ0v) is 10.8. The fourth-order valence-corrected chi connectivity index (χ4v) is 1.84. The van der Waals surface area contributed by atoms with E-state index in [-0.39, 0.29) is 6.04 Å². The van der Waals surface area contributed by atoms with Crippen LogP contribution in [0.15, 0.2) is 36.4 Å². The molecule has 0 saturated heterocycles. The van der Waals surface area contributed by atoms with E-state index in [9.17, 15) is 0 Å². The van der Waals surface area contributed by atoms with Gasteiger partial charge in [0, 0.05) is 6.07 Å². The highest BCUT2D eigenvalue weighted by molar-refractivity contribution is 5.30. The van der Waals surface area contributed by atoms with E-state index in [0.29, 0.717) is 5.88 Å². The summed E-state index contributed by atoms with van der Waals surface area (Å²) in [7, 11) is 3.50. The minimum Gasteiger partial charge on any atom is -0.480 e. The van der Waals surface area contributed by atoms with Crippen molar-refractivity contribution in [2.45, 2.75) is 13.0 Å². The summed E-state index contributed by atoms with van der Waals surface area (Å²) in [5.74, 6) is 0.525. The molecule has 18 heavy (non-hydrogen) atoms. The topological polar surface area (TPSA) is 47.0 Å². The third-order valence-electron chi connectivity index (χ3n) is 2.86. The first-order valence-electron chi connectivity index (χ1n) is 5.86. The van der Waals surface area contributed by atoms with Crippen molar-refractivity contribution in [3.63, 3.8) is 0 Å². The highest BCUT2D eigenvalue weighted by atomic mass is 16.5. The summed E-state index contributed by atoms with van der Waals surface area (Å²) in [4.78, 5) is 0. The summed E-state index contributed by atoms with van der Waals surface area (Å²) in [5.41, 5.74) is 3.29. The molecule has 0 aliphatic carbocycles.